The fourth-order valence-corrected chi connectivity index (χ4v) is 5.91. The molecule has 0 aliphatic heterocycles. The first-order chi connectivity index (χ1) is 27.7. The highest BCUT2D eigenvalue weighted by Crippen LogP contribution is 2.38. The Bertz CT molecular complexity index is 2520. The Labute approximate surface area is 326 Å². The van der Waals surface area contributed by atoms with Gasteiger partial charge >= 0.3 is 11.9 Å². The highest BCUT2D eigenvalue weighted by Gasteiger charge is 2.21. The Hall–Kier alpha value is -7.48. The summed E-state index contributed by atoms with van der Waals surface area (Å²) in [4.78, 5) is 29.1. The average Bonchev–Trinajstić information content (AvgIpc) is 3.77. The van der Waals surface area contributed by atoms with Crippen molar-refractivity contribution in [3.63, 3.8) is 0 Å². The topological polar surface area (TPSA) is 110 Å². The minimum atomic E-state index is -1.67. The molecule has 4 aromatic heterocycles. The highest BCUT2D eigenvalue weighted by molar-refractivity contribution is 5.93. The minimum absolute atomic E-state index is 0.417. The molecule has 0 fully saturated rings. The number of carboxylic acid groups (broad SMARTS) is 2. The van der Waals surface area contributed by atoms with Crippen LogP contribution in [0.4, 0.5) is 26.3 Å². The average molecular weight is 793 g/mol. The number of nitrogens with zero attached hydrogens (tertiary/aromatic N) is 4. The van der Waals surface area contributed by atoms with Gasteiger partial charge in [-0.2, -0.15) is 0 Å². The second-order valence-corrected chi connectivity index (χ2v) is 12.8. The van der Waals surface area contributed by atoms with Gasteiger partial charge in [0.2, 0.25) is 0 Å². The molecule has 8 rings (SSSR count). The third-order valence-corrected chi connectivity index (χ3v) is 8.73. The van der Waals surface area contributed by atoms with Crippen LogP contribution in [-0.4, -0.2) is 41.3 Å². The third kappa shape index (κ3) is 8.65. The van der Waals surface area contributed by atoms with Gasteiger partial charge in [0.1, 0.15) is 0 Å². The summed E-state index contributed by atoms with van der Waals surface area (Å²) in [6.45, 7) is 4.23. The Kier molecular flexibility index (Phi) is 11.9. The van der Waals surface area contributed by atoms with Gasteiger partial charge < -0.3 is 19.3 Å². The number of benzene rings is 4. The van der Waals surface area contributed by atoms with E-state index in [2.05, 4.69) is 106 Å². The maximum absolute atomic E-state index is 12.3. The van der Waals surface area contributed by atoms with Gasteiger partial charge in [-0.25, -0.2) is 35.9 Å². The molecular formula is C44H30F6N4O4. The molecule has 0 atom stereocenters. The molecule has 58 heavy (non-hydrogen) atoms. The first-order valence-electron chi connectivity index (χ1n) is 17.2. The summed E-state index contributed by atoms with van der Waals surface area (Å²) < 4.78 is 78.4. The molecule has 0 radical (unpaired) electrons. The van der Waals surface area contributed by atoms with Gasteiger partial charge in [-0.3, -0.25) is 9.97 Å². The Morgan fingerprint density at radius 2 is 0.828 bits per heavy atom. The van der Waals surface area contributed by atoms with E-state index in [-0.39, 0.29) is 0 Å². The van der Waals surface area contributed by atoms with E-state index >= 15 is 0 Å². The molecular weight excluding hydrogens is 762 g/mol. The fourth-order valence-electron chi connectivity index (χ4n) is 5.91. The zero-order valence-corrected chi connectivity index (χ0v) is 30.5. The number of pyridine rings is 2. The lowest BCUT2D eigenvalue weighted by Gasteiger charge is -2.12. The van der Waals surface area contributed by atoms with E-state index in [9.17, 15) is 35.9 Å². The van der Waals surface area contributed by atoms with E-state index in [4.69, 9.17) is 10.2 Å². The molecule has 0 aliphatic rings. The number of carboxylic acids is 2. The number of fused-ring (bicyclic) bond motifs is 1. The van der Waals surface area contributed by atoms with E-state index < -0.39 is 58.0 Å². The molecule has 0 aliphatic carbocycles. The largest absolute Gasteiger partial charge is 0.478 e. The van der Waals surface area contributed by atoms with E-state index in [1.165, 1.54) is 11.1 Å². The number of aromatic nitrogens is 4. The Morgan fingerprint density at radius 1 is 0.500 bits per heavy atom. The van der Waals surface area contributed by atoms with Crippen molar-refractivity contribution >= 4 is 23.0 Å². The molecule has 292 valence electrons. The van der Waals surface area contributed by atoms with Gasteiger partial charge in [0.15, 0.2) is 34.9 Å². The summed E-state index contributed by atoms with van der Waals surface area (Å²) in [5.41, 5.74) is 10.2. The van der Waals surface area contributed by atoms with E-state index in [0.29, 0.717) is 24.3 Å². The molecule has 14 heteroatoms. The summed E-state index contributed by atoms with van der Waals surface area (Å²) in [5, 5.41) is 16.5. The van der Waals surface area contributed by atoms with E-state index in [1.807, 2.05) is 36.9 Å². The fraction of sp³-hybridized carbons (Fsp3) is 0.0455. The minimum Gasteiger partial charge on any atom is -0.478 e. The van der Waals surface area contributed by atoms with Crippen molar-refractivity contribution in [2.75, 3.05) is 0 Å². The van der Waals surface area contributed by atoms with Gasteiger partial charge in [0, 0.05) is 47.3 Å². The van der Waals surface area contributed by atoms with Gasteiger partial charge in [-0.15, -0.1) is 0 Å². The van der Waals surface area contributed by atoms with Crippen molar-refractivity contribution in [2.45, 2.75) is 13.8 Å². The number of rotatable bonds is 6. The molecule has 0 spiro atoms. The number of hydrogen-bond acceptors (Lipinski definition) is 4. The van der Waals surface area contributed by atoms with Crippen LogP contribution in [-0.2, 0) is 0 Å². The van der Waals surface area contributed by atoms with Crippen molar-refractivity contribution < 1.29 is 46.1 Å². The summed E-state index contributed by atoms with van der Waals surface area (Å²) in [6.07, 6.45) is 7.49. The molecule has 0 saturated heterocycles. The van der Waals surface area contributed by atoms with Crippen LogP contribution in [0.25, 0.3) is 44.9 Å². The number of aromatic carboxylic acids is 2. The van der Waals surface area contributed by atoms with Gasteiger partial charge in [-0.05, 0) is 98.8 Å². The van der Waals surface area contributed by atoms with Gasteiger partial charge in [0.05, 0.1) is 33.5 Å². The van der Waals surface area contributed by atoms with Crippen LogP contribution < -0.4 is 0 Å². The van der Waals surface area contributed by atoms with Gasteiger partial charge in [0.25, 0.3) is 0 Å². The maximum Gasteiger partial charge on any atom is 0.335 e. The molecule has 2 N–H and O–H groups in total. The predicted molar refractivity (Wildman–Crippen MR) is 205 cm³/mol. The standard InChI is InChI=1S/C30H24N4.2C7H3F3O2/c1-21-7-11-25(12-8-21)33-27(23-5-3-15-31-19-23)17-30-29(33)18-28(24-6-4-16-32-20-24)34(30)26-13-9-22(2)10-14-26;2*8-4-1-3(7(11)12)2-5(9)6(4)10/h3-20H,1-2H3;2*1-2H,(H,11,12). The molecule has 4 heterocycles. The Balaban J connectivity index is 0.000000193. The molecule has 0 amide bonds. The lowest BCUT2D eigenvalue weighted by Crippen LogP contribution is -2.00. The van der Waals surface area contributed by atoms with Crippen LogP contribution in [0.5, 0.6) is 0 Å². The van der Waals surface area contributed by atoms with Crippen molar-refractivity contribution in [2.24, 2.45) is 0 Å². The molecule has 0 unspecified atom stereocenters. The van der Waals surface area contributed by atoms with Crippen LogP contribution >= 0.6 is 0 Å². The van der Waals surface area contributed by atoms with Crippen molar-refractivity contribution in [1.29, 1.82) is 0 Å². The quantitative estimate of drug-likeness (QED) is 0.128. The second kappa shape index (κ2) is 17.1. The highest BCUT2D eigenvalue weighted by atomic mass is 19.2. The number of aryl methyl sites for hydroxylation is 2. The van der Waals surface area contributed by atoms with Crippen molar-refractivity contribution in [3.05, 3.63) is 191 Å². The van der Waals surface area contributed by atoms with Crippen molar-refractivity contribution in [3.8, 4) is 33.9 Å². The van der Waals surface area contributed by atoms with E-state index in [1.54, 1.807) is 0 Å². The molecule has 8 aromatic rings. The normalized spacial score (nSPS) is 10.7. The zero-order chi connectivity index (χ0) is 41.7. The second-order valence-electron chi connectivity index (χ2n) is 12.8. The van der Waals surface area contributed by atoms with Crippen LogP contribution in [0.15, 0.2) is 134 Å². The molecule has 4 aromatic carbocycles. The SMILES string of the molecule is Cc1ccc(-n2c(-c3cccnc3)cc3c2cc(-c2cccnc2)n3-c2ccc(C)cc2)cc1.O=C(O)c1cc(F)c(F)c(F)c1.O=C(O)c1cc(F)c(F)c(F)c1. The smallest absolute Gasteiger partial charge is 0.335 e. The first kappa shape index (κ1) is 40.2. The molecule has 0 saturated carbocycles. The summed E-state index contributed by atoms with van der Waals surface area (Å²) in [6, 6.07) is 31.8. The maximum atomic E-state index is 12.3. The van der Waals surface area contributed by atoms with Gasteiger partial charge in [-0.1, -0.05) is 35.4 Å². The number of hydrogen-bond donors (Lipinski definition) is 2. The number of carbonyl (C=O) groups is 2. The third-order valence-electron chi connectivity index (χ3n) is 8.73. The van der Waals surface area contributed by atoms with Crippen molar-refractivity contribution in [1.82, 2.24) is 19.1 Å². The van der Waals surface area contributed by atoms with Crippen LogP contribution in [0.2, 0.25) is 0 Å². The predicted octanol–water partition coefficient (Wildman–Crippen LogP) is 10.8. The van der Waals surface area contributed by atoms with Crippen LogP contribution in [0.1, 0.15) is 31.8 Å². The summed E-state index contributed by atoms with van der Waals surface area (Å²) in [5.74, 6) is -12.4. The molecule has 8 nitrogen and oxygen atoms in total. The number of halogens is 6. The zero-order valence-electron chi connectivity index (χ0n) is 30.5. The van der Waals surface area contributed by atoms with Crippen LogP contribution in [0, 0.1) is 48.8 Å². The Morgan fingerprint density at radius 3 is 1.10 bits per heavy atom. The summed E-state index contributed by atoms with van der Waals surface area (Å²) in [7, 11) is 0. The monoisotopic (exact) mass is 792 g/mol. The molecule has 0 bridgehead atoms. The lowest BCUT2D eigenvalue weighted by molar-refractivity contribution is 0.0685. The lowest BCUT2D eigenvalue weighted by atomic mass is 10.1. The summed E-state index contributed by atoms with van der Waals surface area (Å²) >= 11 is 0. The first-order valence-corrected chi connectivity index (χ1v) is 17.2. The van der Waals surface area contributed by atoms with E-state index in [0.717, 1.165) is 44.9 Å². The van der Waals surface area contributed by atoms with Crippen LogP contribution in [0.3, 0.4) is 0 Å².